The van der Waals surface area contributed by atoms with Crippen molar-refractivity contribution in [1.82, 2.24) is 15.3 Å². The van der Waals surface area contributed by atoms with Crippen LogP contribution in [0.4, 0.5) is 0 Å². The first-order chi connectivity index (χ1) is 14.1. The molecule has 0 radical (unpaired) electrons. The number of benzene rings is 1. The number of hydrogen-bond donors (Lipinski definition) is 1. The molecular weight excluding hydrogens is 400 g/mol. The Hall–Kier alpha value is -2.43. The van der Waals surface area contributed by atoms with E-state index in [-0.39, 0.29) is 11.7 Å². The summed E-state index contributed by atoms with van der Waals surface area (Å²) in [5, 5.41) is 14.4. The summed E-state index contributed by atoms with van der Waals surface area (Å²) in [7, 11) is 0. The molecular formula is C22H22N4OS2. The molecule has 0 bridgehead atoms. The van der Waals surface area contributed by atoms with Crippen LogP contribution < -0.4 is 5.32 Å². The SMILES string of the molecule is Cc1nc(SCC(=O)NC2(C#N)CCCCC2)c2cc(-c3ccccc3)sc2n1. The van der Waals surface area contributed by atoms with Crippen molar-refractivity contribution in [3.8, 4) is 16.5 Å². The van der Waals surface area contributed by atoms with E-state index in [0.29, 0.717) is 5.82 Å². The first kappa shape index (κ1) is 19.9. The molecule has 0 atom stereocenters. The minimum atomic E-state index is -0.699. The summed E-state index contributed by atoms with van der Waals surface area (Å²) in [6.45, 7) is 1.87. The number of aryl methyl sites for hydroxylation is 1. The van der Waals surface area contributed by atoms with Crippen LogP contribution in [0.1, 0.15) is 37.9 Å². The zero-order chi connectivity index (χ0) is 20.3. The maximum atomic E-state index is 12.6. The molecule has 0 unspecified atom stereocenters. The summed E-state index contributed by atoms with van der Waals surface area (Å²) < 4.78 is 0. The molecule has 3 aromatic rings. The largest absolute Gasteiger partial charge is 0.337 e. The highest BCUT2D eigenvalue weighted by Gasteiger charge is 2.33. The molecule has 0 saturated heterocycles. The first-order valence-corrected chi connectivity index (χ1v) is 11.6. The fraction of sp³-hybridized carbons (Fsp3) is 0.364. The summed E-state index contributed by atoms with van der Waals surface area (Å²) in [5.41, 5.74) is 0.449. The van der Waals surface area contributed by atoms with Crippen LogP contribution in [0, 0.1) is 18.3 Å². The second-order valence-corrected chi connectivity index (χ2v) is 9.36. The van der Waals surface area contributed by atoms with Crippen molar-refractivity contribution in [3.05, 3.63) is 42.2 Å². The summed E-state index contributed by atoms with van der Waals surface area (Å²) in [6, 6.07) is 14.6. The van der Waals surface area contributed by atoms with Gasteiger partial charge in [0.2, 0.25) is 5.91 Å². The molecule has 5 nitrogen and oxygen atoms in total. The van der Waals surface area contributed by atoms with Crippen molar-refractivity contribution in [2.45, 2.75) is 49.6 Å². The molecule has 1 fully saturated rings. The van der Waals surface area contributed by atoms with Crippen LogP contribution in [0.15, 0.2) is 41.4 Å². The van der Waals surface area contributed by atoms with Gasteiger partial charge in [-0.3, -0.25) is 4.79 Å². The monoisotopic (exact) mass is 422 g/mol. The average Bonchev–Trinajstić information content (AvgIpc) is 3.17. The predicted molar refractivity (Wildman–Crippen MR) is 118 cm³/mol. The van der Waals surface area contributed by atoms with Crippen LogP contribution in [0.25, 0.3) is 20.7 Å². The number of nitriles is 1. The normalized spacial score (nSPS) is 15.7. The summed E-state index contributed by atoms with van der Waals surface area (Å²) in [5.74, 6) is 0.829. The lowest BCUT2D eigenvalue weighted by Crippen LogP contribution is -2.49. The van der Waals surface area contributed by atoms with Crippen molar-refractivity contribution in [3.63, 3.8) is 0 Å². The number of thiophene rings is 1. The number of aromatic nitrogens is 2. The van der Waals surface area contributed by atoms with Crippen LogP contribution in [0.5, 0.6) is 0 Å². The molecule has 1 aliphatic rings. The van der Waals surface area contributed by atoms with Gasteiger partial charge in [-0.15, -0.1) is 11.3 Å². The number of carbonyl (C=O) groups is 1. The standard InChI is InChI=1S/C22H22N4OS2/c1-15-24-20(28-13-19(27)26-22(14-23)10-6-3-7-11-22)17-12-18(29-21(17)25-15)16-8-4-2-5-9-16/h2,4-5,8-9,12H,3,6-7,10-11,13H2,1H3,(H,26,27). The molecule has 1 amide bonds. The van der Waals surface area contributed by atoms with Gasteiger partial charge < -0.3 is 5.32 Å². The van der Waals surface area contributed by atoms with E-state index in [1.807, 2.05) is 25.1 Å². The van der Waals surface area contributed by atoms with Crippen molar-refractivity contribution < 1.29 is 4.79 Å². The Balaban J connectivity index is 1.52. The number of nitrogens with one attached hydrogen (secondary N) is 1. The van der Waals surface area contributed by atoms with Crippen molar-refractivity contribution in [2.24, 2.45) is 0 Å². The van der Waals surface area contributed by atoms with E-state index in [2.05, 4.69) is 39.6 Å². The molecule has 4 rings (SSSR count). The highest BCUT2D eigenvalue weighted by Crippen LogP contribution is 2.36. The van der Waals surface area contributed by atoms with Gasteiger partial charge in [-0.05, 0) is 31.4 Å². The quantitative estimate of drug-likeness (QED) is 0.457. The molecule has 29 heavy (non-hydrogen) atoms. The zero-order valence-electron chi connectivity index (χ0n) is 16.3. The number of amides is 1. The predicted octanol–water partition coefficient (Wildman–Crippen LogP) is 5.10. The third-order valence-corrected chi connectivity index (χ3v) is 7.24. The van der Waals surface area contributed by atoms with Gasteiger partial charge in [0.1, 0.15) is 21.2 Å². The van der Waals surface area contributed by atoms with Crippen LogP contribution in [0.3, 0.4) is 0 Å². The molecule has 2 heterocycles. The van der Waals surface area contributed by atoms with E-state index in [1.54, 1.807) is 11.3 Å². The number of hydrogen-bond acceptors (Lipinski definition) is 6. The van der Waals surface area contributed by atoms with Crippen LogP contribution >= 0.6 is 23.1 Å². The Kier molecular flexibility index (Phi) is 5.84. The van der Waals surface area contributed by atoms with Gasteiger partial charge in [0.25, 0.3) is 0 Å². The smallest absolute Gasteiger partial charge is 0.231 e. The Morgan fingerprint density at radius 1 is 1.24 bits per heavy atom. The van der Waals surface area contributed by atoms with Gasteiger partial charge in [-0.25, -0.2) is 9.97 Å². The lowest BCUT2D eigenvalue weighted by atomic mass is 9.83. The lowest BCUT2D eigenvalue weighted by molar-refractivity contribution is -0.120. The molecule has 1 aromatic carbocycles. The van der Waals surface area contributed by atoms with E-state index < -0.39 is 5.54 Å². The number of fused-ring (bicyclic) bond motifs is 1. The zero-order valence-corrected chi connectivity index (χ0v) is 17.9. The van der Waals surface area contributed by atoms with Gasteiger partial charge in [0.05, 0.1) is 11.8 Å². The highest BCUT2D eigenvalue weighted by atomic mass is 32.2. The van der Waals surface area contributed by atoms with Crippen LogP contribution in [-0.2, 0) is 4.79 Å². The van der Waals surface area contributed by atoms with Crippen LogP contribution in [-0.4, -0.2) is 27.2 Å². The lowest BCUT2D eigenvalue weighted by Gasteiger charge is -2.31. The summed E-state index contributed by atoms with van der Waals surface area (Å²) in [6.07, 6.45) is 4.59. The van der Waals surface area contributed by atoms with E-state index >= 15 is 0 Å². The third-order valence-electron chi connectivity index (χ3n) is 5.17. The van der Waals surface area contributed by atoms with Crippen molar-refractivity contribution in [1.29, 1.82) is 5.26 Å². The average molecular weight is 423 g/mol. The minimum absolute atomic E-state index is 0.110. The Labute approximate surface area is 178 Å². The second kappa shape index (κ2) is 8.52. The van der Waals surface area contributed by atoms with Crippen molar-refractivity contribution in [2.75, 3.05) is 5.75 Å². The Bertz CT molecular complexity index is 1070. The summed E-state index contributed by atoms with van der Waals surface area (Å²) in [4.78, 5) is 23.8. The first-order valence-electron chi connectivity index (χ1n) is 9.77. The van der Waals surface area contributed by atoms with E-state index in [0.717, 1.165) is 57.8 Å². The maximum Gasteiger partial charge on any atom is 0.231 e. The number of thioether (sulfide) groups is 1. The van der Waals surface area contributed by atoms with Gasteiger partial charge in [0, 0.05) is 10.3 Å². The fourth-order valence-electron chi connectivity index (χ4n) is 3.71. The number of rotatable bonds is 5. The topological polar surface area (TPSA) is 78.7 Å². The maximum absolute atomic E-state index is 12.6. The molecule has 1 N–H and O–H groups in total. The number of nitrogens with zero attached hydrogens (tertiary/aromatic N) is 3. The van der Waals surface area contributed by atoms with Gasteiger partial charge in [-0.2, -0.15) is 5.26 Å². The molecule has 1 saturated carbocycles. The van der Waals surface area contributed by atoms with E-state index in [1.165, 1.54) is 11.8 Å². The van der Waals surface area contributed by atoms with Crippen LogP contribution in [0.2, 0.25) is 0 Å². The highest BCUT2D eigenvalue weighted by molar-refractivity contribution is 8.00. The van der Waals surface area contributed by atoms with Gasteiger partial charge in [0.15, 0.2) is 0 Å². The van der Waals surface area contributed by atoms with Crippen molar-refractivity contribution >= 4 is 39.2 Å². The Morgan fingerprint density at radius 3 is 2.72 bits per heavy atom. The molecule has 1 aliphatic carbocycles. The third kappa shape index (κ3) is 4.44. The molecule has 148 valence electrons. The second-order valence-electron chi connectivity index (χ2n) is 7.36. The minimum Gasteiger partial charge on any atom is -0.337 e. The van der Waals surface area contributed by atoms with Gasteiger partial charge >= 0.3 is 0 Å². The fourth-order valence-corrected chi connectivity index (χ4v) is 5.70. The van der Waals surface area contributed by atoms with E-state index in [9.17, 15) is 10.1 Å². The van der Waals surface area contributed by atoms with E-state index in [4.69, 9.17) is 0 Å². The molecule has 0 spiro atoms. The number of carbonyl (C=O) groups excluding carboxylic acids is 1. The molecule has 0 aliphatic heterocycles. The molecule has 2 aromatic heterocycles. The molecule has 7 heteroatoms. The summed E-state index contributed by atoms with van der Waals surface area (Å²) >= 11 is 3.05. The van der Waals surface area contributed by atoms with Gasteiger partial charge in [-0.1, -0.05) is 61.4 Å². The Morgan fingerprint density at radius 2 is 2.00 bits per heavy atom.